The van der Waals surface area contributed by atoms with Crippen LogP contribution >= 0.6 is 0 Å². The normalized spacial score (nSPS) is 12.6. The maximum absolute atomic E-state index is 13.3. The Bertz CT molecular complexity index is 1390. The van der Waals surface area contributed by atoms with E-state index in [0.29, 0.717) is 112 Å². The topological polar surface area (TPSA) is 126 Å². The minimum Gasteiger partial charge on any atom is -0.493 e. The highest BCUT2D eigenvalue weighted by Crippen LogP contribution is 2.31. The van der Waals surface area contributed by atoms with Crippen LogP contribution in [0.25, 0.3) is 12.2 Å². The highest BCUT2D eigenvalue weighted by Gasteiger charge is 2.40. The average Bonchev–Trinajstić information content (AvgIpc) is 3.19. The molecule has 0 spiro atoms. The molecule has 0 fully saturated rings. The van der Waals surface area contributed by atoms with Crippen LogP contribution in [0.4, 0.5) is 0 Å². The minimum absolute atomic E-state index is 0.193. The van der Waals surface area contributed by atoms with Crippen LogP contribution in [-0.2, 0) is 36.1 Å². The lowest BCUT2D eigenvalue weighted by Crippen LogP contribution is -2.46. The first kappa shape index (κ1) is 48.5. The quantitative estimate of drug-likeness (QED) is 0.0231. The second-order valence-corrected chi connectivity index (χ2v) is 17.7. The summed E-state index contributed by atoms with van der Waals surface area (Å²) >= 11 is 0. The Labute approximate surface area is 336 Å². The largest absolute Gasteiger partial charge is 0.501 e. The van der Waals surface area contributed by atoms with Crippen molar-refractivity contribution in [2.45, 2.75) is 72.9 Å². The van der Waals surface area contributed by atoms with Gasteiger partial charge in [-0.2, -0.15) is 0 Å². The summed E-state index contributed by atoms with van der Waals surface area (Å²) in [4.78, 5) is 26.6. The van der Waals surface area contributed by atoms with Crippen molar-refractivity contribution in [1.82, 2.24) is 0 Å². The molecule has 2 aromatic rings. The van der Waals surface area contributed by atoms with E-state index in [0.717, 1.165) is 0 Å². The first-order valence-electron chi connectivity index (χ1n) is 19.6. The van der Waals surface area contributed by atoms with Crippen molar-refractivity contribution in [2.75, 3.05) is 67.1 Å². The van der Waals surface area contributed by atoms with Crippen molar-refractivity contribution in [1.29, 1.82) is 0 Å². The SMILES string of the molecule is C=CCC(C(=O)C=Cc1ccc(OCCC[Si](OCC)(OCC)OCC)c(OC)c1)C(=O)C=Cc1ccc(OCCC[Si](OCC)(OCC)OCC)c(OC)c1. The van der Waals surface area contributed by atoms with Crippen LogP contribution in [0, 0.1) is 5.92 Å². The highest BCUT2D eigenvalue weighted by atomic mass is 28.4. The first-order valence-corrected chi connectivity index (χ1v) is 23.5. The van der Waals surface area contributed by atoms with Crippen LogP contribution in [0.2, 0.25) is 12.1 Å². The maximum Gasteiger partial charge on any atom is 0.501 e. The molecule has 0 saturated carbocycles. The summed E-state index contributed by atoms with van der Waals surface area (Å²) in [6.45, 7) is 19.3. The van der Waals surface area contributed by atoms with Gasteiger partial charge in [-0.25, -0.2) is 0 Å². The van der Waals surface area contributed by atoms with Crippen LogP contribution in [0.3, 0.4) is 0 Å². The molecule has 0 unspecified atom stereocenters. The summed E-state index contributed by atoms with van der Waals surface area (Å²) in [7, 11) is -2.40. The Morgan fingerprint density at radius 2 is 0.946 bits per heavy atom. The standard InChI is InChI=1S/C42H64O12Si2/c1-10-19-36(37(43)24-20-34-22-26-39(41(32-34)45-8)47-28-17-30-55(49-11-2,50-12-3)51-13-4)38(44)25-21-35-23-27-40(42(33-35)46-9)48-29-18-31-56(52-14-5,53-15-6)54-16-7/h10,20-27,32-33,36H,1,11-19,28-31H2,2-9H3. The Morgan fingerprint density at radius 3 is 1.25 bits per heavy atom. The molecule has 2 aromatic carbocycles. The van der Waals surface area contributed by atoms with Gasteiger partial charge in [-0.1, -0.05) is 30.4 Å². The molecule has 2 rings (SSSR count). The van der Waals surface area contributed by atoms with E-state index in [1.54, 1.807) is 56.7 Å². The lowest BCUT2D eigenvalue weighted by atomic mass is 9.93. The number of hydrogen-bond donors (Lipinski definition) is 0. The molecule has 0 saturated heterocycles. The zero-order valence-corrected chi connectivity index (χ0v) is 36.7. The van der Waals surface area contributed by atoms with E-state index in [1.165, 1.54) is 12.2 Å². The van der Waals surface area contributed by atoms with E-state index in [2.05, 4.69) is 6.58 Å². The zero-order chi connectivity index (χ0) is 41.2. The van der Waals surface area contributed by atoms with Gasteiger partial charge in [0.05, 0.1) is 33.4 Å². The van der Waals surface area contributed by atoms with Gasteiger partial charge in [0.25, 0.3) is 0 Å². The fourth-order valence-corrected chi connectivity index (χ4v) is 11.0. The fourth-order valence-electron chi connectivity index (χ4n) is 5.89. The molecule has 14 heteroatoms. The summed E-state index contributed by atoms with van der Waals surface area (Å²) in [5, 5.41) is 0. The summed E-state index contributed by atoms with van der Waals surface area (Å²) in [6.07, 6.45) is 9.25. The van der Waals surface area contributed by atoms with Crippen LogP contribution in [-0.4, -0.2) is 96.3 Å². The van der Waals surface area contributed by atoms with Gasteiger partial charge in [0.1, 0.15) is 0 Å². The first-order chi connectivity index (χ1) is 27.1. The summed E-state index contributed by atoms with van der Waals surface area (Å²) in [6, 6.07) is 12.1. The van der Waals surface area contributed by atoms with Gasteiger partial charge in [0, 0.05) is 51.7 Å². The second-order valence-electron chi connectivity index (χ2n) is 12.2. The van der Waals surface area contributed by atoms with Crippen molar-refractivity contribution in [3.63, 3.8) is 0 Å². The number of ketones is 2. The van der Waals surface area contributed by atoms with Gasteiger partial charge in [0.2, 0.25) is 0 Å². The van der Waals surface area contributed by atoms with Crippen LogP contribution in [0.15, 0.2) is 61.2 Å². The second kappa shape index (κ2) is 27.1. The van der Waals surface area contributed by atoms with Gasteiger partial charge in [-0.05, 0) is 108 Å². The van der Waals surface area contributed by atoms with Gasteiger partial charge in [0.15, 0.2) is 34.6 Å². The number of carbonyl (C=O) groups excluding carboxylic acids is 2. The third kappa shape index (κ3) is 16.1. The third-order valence-corrected chi connectivity index (χ3v) is 14.6. The number of carbonyl (C=O) groups is 2. The van der Waals surface area contributed by atoms with Gasteiger partial charge >= 0.3 is 17.6 Å². The molecule has 0 atom stereocenters. The predicted octanol–water partition coefficient (Wildman–Crippen LogP) is 8.40. The minimum atomic E-state index is -2.76. The van der Waals surface area contributed by atoms with Crippen molar-refractivity contribution in [2.24, 2.45) is 5.92 Å². The summed E-state index contributed by atoms with van der Waals surface area (Å²) in [5.74, 6) is 0.577. The maximum atomic E-state index is 13.3. The molecule has 0 aromatic heterocycles. The third-order valence-electron chi connectivity index (χ3n) is 8.30. The predicted molar refractivity (Wildman–Crippen MR) is 223 cm³/mol. The Kier molecular flexibility index (Phi) is 23.5. The highest BCUT2D eigenvalue weighted by molar-refractivity contribution is 6.61. The molecule has 56 heavy (non-hydrogen) atoms. The lowest BCUT2D eigenvalue weighted by molar-refractivity contribution is -0.127. The molecule has 0 heterocycles. The number of methoxy groups -OCH3 is 2. The van der Waals surface area contributed by atoms with Gasteiger partial charge in [-0.15, -0.1) is 6.58 Å². The molecule has 0 aliphatic rings. The molecular weight excluding hydrogens is 753 g/mol. The molecule has 312 valence electrons. The van der Waals surface area contributed by atoms with Gasteiger partial charge < -0.3 is 45.5 Å². The molecule has 0 bridgehead atoms. The number of allylic oxidation sites excluding steroid dienone is 3. The smallest absolute Gasteiger partial charge is 0.493 e. The average molecular weight is 817 g/mol. The van der Waals surface area contributed by atoms with E-state index < -0.39 is 23.5 Å². The van der Waals surface area contributed by atoms with Gasteiger partial charge in [-0.3, -0.25) is 9.59 Å². The summed E-state index contributed by atoms with van der Waals surface area (Å²) in [5.41, 5.74) is 1.43. The Hall–Kier alpha value is -3.61. The molecule has 0 amide bonds. The fraction of sp³-hybridized carbons (Fsp3) is 0.524. The number of ether oxygens (including phenoxy) is 4. The lowest BCUT2D eigenvalue weighted by Gasteiger charge is -2.28. The number of benzene rings is 2. The zero-order valence-electron chi connectivity index (χ0n) is 34.7. The van der Waals surface area contributed by atoms with E-state index >= 15 is 0 Å². The van der Waals surface area contributed by atoms with Crippen LogP contribution in [0.5, 0.6) is 23.0 Å². The Morgan fingerprint density at radius 1 is 0.589 bits per heavy atom. The van der Waals surface area contributed by atoms with E-state index in [9.17, 15) is 9.59 Å². The number of rotatable bonds is 32. The molecular formula is C42H64O12Si2. The van der Waals surface area contributed by atoms with E-state index in [1.807, 2.05) is 53.7 Å². The molecule has 0 N–H and O–H groups in total. The van der Waals surface area contributed by atoms with Crippen molar-refractivity contribution in [3.05, 3.63) is 72.3 Å². The van der Waals surface area contributed by atoms with E-state index in [-0.39, 0.29) is 18.0 Å². The van der Waals surface area contributed by atoms with E-state index in [4.69, 9.17) is 45.5 Å². The van der Waals surface area contributed by atoms with Crippen molar-refractivity contribution >= 4 is 41.3 Å². The van der Waals surface area contributed by atoms with Crippen molar-refractivity contribution < 1.29 is 55.1 Å². The van der Waals surface area contributed by atoms with Crippen LogP contribution in [0.1, 0.15) is 71.9 Å². The molecule has 0 aliphatic heterocycles. The molecule has 0 aliphatic carbocycles. The monoisotopic (exact) mass is 816 g/mol. The van der Waals surface area contributed by atoms with Crippen LogP contribution < -0.4 is 18.9 Å². The van der Waals surface area contributed by atoms with Crippen molar-refractivity contribution in [3.8, 4) is 23.0 Å². The number of hydrogen-bond acceptors (Lipinski definition) is 12. The molecule has 0 radical (unpaired) electrons. The summed E-state index contributed by atoms with van der Waals surface area (Å²) < 4.78 is 58.8. The Balaban J connectivity index is 2.05. The molecule has 12 nitrogen and oxygen atoms in total.